The van der Waals surface area contributed by atoms with Crippen molar-refractivity contribution in [2.75, 3.05) is 14.1 Å². The minimum absolute atomic E-state index is 0.144. The first kappa shape index (κ1) is 15.8. The number of halogens is 6. The zero-order valence-corrected chi connectivity index (χ0v) is 9.12. The Morgan fingerprint density at radius 2 is 1.41 bits per heavy atom. The minimum atomic E-state index is -5.66. The van der Waals surface area contributed by atoms with Crippen LogP contribution >= 0.6 is 0 Å². The van der Waals surface area contributed by atoms with Crippen molar-refractivity contribution < 1.29 is 31.1 Å². The van der Waals surface area contributed by atoms with E-state index in [1.807, 2.05) is 0 Å². The highest BCUT2D eigenvalue weighted by Gasteiger charge is 2.68. The summed E-state index contributed by atoms with van der Waals surface area (Å²) in [6.45, 7) is -0.144. The van der Waals surface area contributed by atoms with Crippen molar-refractivity contribution >= 4 is 6.03 Å². The van der Waals surface area contributed by atoms with E-state index in [4.69, 9.17) is 0 Å². The van der Waals surface area contributed by atoms with Crippen molar-refractivity contribution in [1.29, 1.82) is 0 Å². The predicted molar refractivity (Wildman–Crippen MR) is 45.9 cm³/mol. The fourth-order valence-corrected chi connectivity index (χ4v) is 0.702. The van der Waals surface area contributed by atoms with Crippen molar-refractivity contribution in [3.8, 4) is 0 Å². The molecule has 0 fully saturated rings. The van der Waals surface area contributed by atoms with Crippen LogP contribution in [0, 0.1) is 0 Å². The number of nitrogens with zero attached hydrogens (tertiary/aromatic N) is 1. The van der Waals surface area contributed by atoms with Crippen LogP contribution in [0.5, 0.6) is 0 Å². The van der Waals surface area contributed by atoms with Crippen LogP contribution in [0.3, 0.4) is 0 Å². The van der Waals surface area contributed by atoms with Crippen LogP contribution in [0.1, 0.15) is 6.92 Å². The fourth-order valence-electron chi connectivity index (χ4n) is 0.702. The number of alkyl halides is 6. The quantitative estimate of drug-likeness (QED) is 0.590. The second kappa shape index (κ2) is 4.59. The standard InChI is InChI=1S/C7H11F6N3O/c1-5(6(8,9)10,7(11,12)13)15-4(17)16(3)14-2/h14H,1-3H3,(H,15,17). The number of carbonyl (C=O) groups is 1. The molecule has 0 aromatic carbocycles. The highest BCUT2D eigenvalue weighted by molar-refractivity contribution is 5.74. The van der Waals surface area contributed by atoms with Gasteiger partial charge in [0.15, 0.2) is 0 Å². The molecule has 0 saturated heterocycles. The first-order valence-corrected chi connectivity index (χ1v) is 4.23. The van der Waals surface area contributed by atoms with E-state index in [1.165, 1.54) is 0 Å². The number of rotatable bonds is 2. The Bertz CT molecular complexity index is 272. The van der Waals surface area contributed by atoms with Gasteiger partial charge in [0.25, 0.3) is 0 Å². The Kier molecular flexibility index (Phi) is 4.27. The van der Waals surface area contributed by atoms with E-state index in [-0.39, 0.29) is 6.92 Å². The topological polar surface area (TPSA) is 44.4 Å². The highest BCUT2D eigenvalue weighted by Crippen LogP contribution is 2.42. The van der Waals surface area contributed by atoms with Gasteiger partial charge in [0.2, 0.25) is 5.54 Å². The predicted octanol–water partition coefficient (Wildman–Crippen LogP) is 1.65. The molecule has 0 aromatic heterocycles. The summed E-state index contributed by atoms with van der Waals surface area (Å²) < 4.78 is 74.1. The smallest absolute Gasteiger partial charge is 0.315 e. The molecule has 0 aliphatic rings. The first-order chi connectivity index (χ1) is 7.37. The summed E-state index contributed by atoms with van der Waals surface area (Å²) in [6.07, 6.45) is -11.3. The molecule has 0 rings (SSSR count). The van der Waals surface area contributed by atoms with Crippen LogP contribution in [0.15, 0.2) is 0 Å². The second-order valence-electron chi connectivity index (χ2n) is 3.33. The molecule has 0 saturated carbocycles. The first-order valence-electron chi connectivity index (χ1n) is 4.23. The van der Waals surface area contributed by atoms with Crippen LogP contribution in [0.4, 0.5) is 31.1 Å². The maximum atomic E-state index is 12.4. The molecule has 0 spiro atoms. The number of hydrazine groups is 1. The molecule has 0 aliphatic heterocycles. The SMILES string of the molecule is CNN(C)C(=O)NC(C)(C(F)(F)F)C(F)(F)F. The molecule has 10 heteroatoms. The average Bonchev–Trinajstić information content (AvgIpc) is 2.12. The number of nitrogens with one attached hydrogen (secondary N) is 2. The second-order valence-corrected chi connectivity index (χ2v) is 3.33. The van der Waals surface area contributed by atoms with E-state index in [2.05, 4.69) is 5.43 Å². The lowest BCUT2D eigenvalue weighted by molar-refractivity contribution is -0.298. The Morgan fingerprint density at radius 3 is 1.65 bits per heavy atom. The van der Waals surface area contributed by atoms with Gasteiger partial charge in [-0.1, -0.05) is 0 Å². The van der Waals surface area contributed by atoms with Gasteiger partial charge >= 0.3 is 18.4 Å². The van der Waals surface area contributed by atoms with Crippen LogP contribution in [-0.2, 0) is 0 Å². The van der Waals surface area contributed by atoms with Crippen molar-refractivity contribution in [2.45, 2.75) is 24.8 Å². The lowest BCUT2D eigenvalue weighted by atomic mass is 10.0. The highest BCUT2D eigenvalue weighted by atomic mass is 19.4. The van der Waals surface area contributed by atoms with Crippen LogP contribution in [-0.4, -0.2) is 43.0 Å². The van der Waals surface area contributed by atoms with Crippen molar-refractivity contribution in [3.05, 3.63) is 0 Å². The van der Waals surface area contributed by atoms with Gasteiger partial charge in [-0.3, -0.25) is 5.01 Å². The van der Waals surface area contributed by atoms with Gasteiger partial charge < -0.3 is 5.32 Å². The average molecular weight is 267 g/mol. The Labute approximate surface area is 92.9 Å². The van der Waals surface area contributed by atoms with Crippen molar-refractivity contribution in [1.82, 2.24) is 15.8 Å². The van der Waals surface area contributed by atoms with Gasteiger partial charge in [-0.25, -0.2) is 10.2 Å². The van der Waals surface area contributed by atoms with Gasteiger partial charge in [0, 0.05) is 14.1 Å². The van der Waals surface area contributed by atoms with Crippen molar-refractivity contribution in [2.24, 2.45) is 0 Å². The number of carbonyl (C=O) groups excluding carboxylic acids is 1. The molecule has 102 valence electrons. The lowest BCUT2D eigenvalue weighted by Gasteiger charge is -2.35. The molecule has 0 bridgehead atoms. The molecular weight excluding hydrogens is 256 g/mol. The van der Waals surface area contributed by atoms with E-state index in [9.17, 15) is 31.1 Å². The maximum Gasteiger partial charge on any atom is 0.420 e. The maximum absolute atomic E-state index is 12.4. The van der Waals surface area contributed by atoms with Gasteiger partial charge in [0.05, 0.1) is 0 Å². The summed E-state index contributed by atoms with van der Waals surface area (Å²) in [7, 11) is 2.14. The number of hydrogen-bond donors (Lipinski definition) is 2. The molecule has 0 aliphatic carbocycles. The molecule has 0 radical (unpaired) electrons. The molecular formula is C7H11F6N3O. The van der Waals surface area contributed by atoms with Gasteiger partial charge in [0.1, 0.15) is 0 Å². The molecule has 2 N–H and O–H groups in total. The Hall–Kier alpha value is -1.19. The summed E-state index contributed by atoms with van der Waals surface area (Å²) in [5.74, 6) is 0. The third-order valence-corrected chi connectivity index (χ3v) is 2.13. The van der Waals surface area contributed by atoms with E-state index < -0.39 is 23.9 Å². The lowest BCUT2D eigenvalue weighted by Crippen LogP contribution is -2.67. The number of urea groups is 1. The summed E-state index contributed by atoms with van der Waals surface area (Å²) in [5.41, 5.74) is -2.23. The third-order valence-electron chi connectivity index (χ3n) is 2.13. The normalized spacial score (nSPS) is 13.5. The van der Waals surface area contributed by atoms with Crippen molar-refractivity contribution in [3.63, 3.8) is 0 Å². The van der Waals surface area contributed by atoms with E-state index in [0.29, 0.717) is 5.01 Å². The number of hydrogen-bond acceptors (Lipinski definition) is 2. The summed E-state index contributed by atoms with van der Waals surface area (Å²) in [5, 5.41) is 1.35. The molecule has 4 nitrogen and oxygen atoms in total. The largest absolute Gasteiger partial charge is 0.420 e. The van der Waals surface area contributed by atoms with Gasteiger partial charge in [-0.15, -0.1) is 0 Å². The van der Waals surface area contributed by atoms with E-state index in [0.717, 1.165) is 19.4 Å². The third kappa shape index (κ3) is 3.14. The van der Waals surface area contributed by atoms with Crippen LogP contribution < -0.4 is 10.7 Å². The molecule has 0 aromatic rings. The molecule has 17 heavy (non-hydrogen) atoms. The Balaban J connectivity index is 5.20. The van der Waals surface area contributed by atoms with Crippen LogP contribution in [0.25, 0.3) is 0 Å². The molecule has 0 atom stereocenters. The summed E-state index contributed by atoms with van der Waals surface area (Å²) in [4.78, 5) is 11.0. The Morgan fingerprint density at radius 1 is 1.06 bits per heavy atom. The zero-order chi connectivity index (χ0) is 14.1. The van der Waals surface area contributed by atoms with Gasteiger partial charge in [-0.2, -0.15) is 26.3 Å². The molecule has 2 amide bonds. The van der Waals surface area contributed by atoms with Gasteiger partial charge in [-0.05, 0) is 6.92 Å². The molecule has 0 unspecified atom stereocenters. The number of amides is 2. The fraction of sp³-hybridized carbons (Fsp3) is 0.857. The molecule has 0 heterocycles. The van der Waals surface area contributed by atoms with E-state index in [1.54, 1.807) is 0 Å². The zero-order valence-electron chi connectivity index (χ0n) is 9.12. The summed E-state index contributed by atoms with van der Waals surface area (Å²) >= 11 is 0. The monoisotopic (exact) mass is 267 g/mol. The van der Waals surface area contributed by atoms with Crippen LogP contribution in [0.2, 0.25) is 0 Å². The van der Waals surface area contributed by atoms with E-state index >= 15 is 0 Å². The minimum Gasteiger partial charge on any atom is -0.315 e. The summed E-state index contributed by atoms with van der Waals surface area (Å²) in [6, 6.07) is -1.55.